The molecule has 0 heterocycles. The second-order valence-electron chi connectivity index (χ2n) is 3.82. The molecule has 0 unspecified atom stereocenters. The Hall–Kier alpha value is -1.80. The first-order valence-electron chi connectivity index (χ1n) is 5.21. The highest BCUT2D eigenvalue weighted by atomic mass is 17.1. The molecule has 1 N–H and O–H groups in total. The van der Waals surface area contributed by atoms with Gasteiger partial charge in [-0.2, -0.15) is 0 Å². The number of hydrogen-bond acceptors (Lipinski definition) is 2. The highest BCUT2D eigenvalue weighted by Crippen LogP contribution is 2.30. The van der Waals surface area contributed by atoms with Gasteiger partial charge < -0.3 is 4.89 Å². The lowest BCUT2D eigenvalue weighted by Gasteiger charge is -2.11. The highest BCUT2D eigenvalue weighted by Gasteiger charge is 2.08. The summed E-state index contributed by atoms with van der Waals surface area (Å²) in [4.78, 5) is 4.32. The van der Waals surface area contributed by atoms with E-state index in [2.05, 4.69) is 17.0 Å². The smallest absolute Gasteiger partial charge is 0.168 e. The van der Waals surface area contributed by atoms with Crippen molar-refractivity contribution in [1.29, 1.82) is 0 Å². The van der Waals surface area contributed by atoms with Crippen LogP contribution in [0.5, 0.6) is 5.75 Å². The molecule has 0 spiro atoms. The van der Waals surface area contributed by atoms with Gasteiger partial charge in [0.15, 0.2) is 5.75 Å². The maximum absolute atomic E-state index is 8.70. The summed E-state index contributed by atoms with van der Waals surface area (Å²) in [5.74, 6) is 0.511. The lowest BCUT2D eigenvalue weighted by atomic mass is 9.96. The largest absolute Gasteiger partial charge is 0.340 e. The zero-order valence-corrected chi connectivity index (χ0v) is 9.40. The van der Waals surface area contributed by atoms with E-state index in [0.29, 0.717) is 5.75 Å². The second kappa shape index (κ2) is 4.37. The predicted molar refractivity (Wildman–Crippen MR) is 64.6 cm³/mol. The maximum atomic E-state index is 8.70. The van der Waals surface area contributed by atoms with Crippen LogP contribution in [0.15, 0.2) is 42.5 Å². The summed E-state index contributed by atoms with van der Waals surface area (Å²) >= 11 is 0. The first-order valence-corrected chi connectivity index (χ1v) is 5.21. The van der Waals surface area contributed by atoms with Crippen LogP contribution in [0.2, 0.25) is 0 Å². The minimum absolute atomic E-state index is 0.511. The van der Waals surface area contributed by atoms with E-state index in [0.717, 1.165) is 11.1 Å². The van der Waals surface area contributed by atoms with Crippen molar-refractivity contribution in [1.82, 2.24) is 0 Å². The Kier molecular flexibility index (Phi) is 2.93. The number of rotatable bonds is 2. The van der Waals surface area contributed by atoms with Crippen molar-refractivity contribution in [2.24, 2.45) is 0 Å². The molecule has 0 saturated carbocycles. The third kappa shape index (κ3) is 1.79. The van der Waals surface area contributed by atoms with Crippen LogP contribution in [0.25, 0.3) is 11.1 Å². The van der Waals surface area contributed by atoms with Gasteiger partial charge in [0.1, 0.15) is 0 Å². The van der Waals surface area contributed by atoms with Gasteiger partial charge in [-0.1, -0.05) is 36.4 Å². The fourth-order valence-corrected chi connectivity index (χ4v) is 1.83. The molecule has 0 aliphatic heterocycles. The summed E-state index contributed by atoms with van der Waals surface area (Å²) < 4.78 is 0. The maximum Gasteiger partial charge on any atom is 0.168 e. The summed E-state index contributed by atoms with van der Waals surface area (Å²) in [6.07, 6.45) is 0. The van der Waals surface area contributed by atoms with Gasteiger partial charge in [-0.25, -0.2) is 5.26 Å². The van der Waals surface area contributed by atoms with E-state index >= 15 is 0 Å². The van der Waals surface area contributed by atoms with Crippen LogP contribution in [0.3, 0.4) is 0 Å². The van der Waals surface area contributed by atoms with E-state index in [-0.39, 0.29) is 0 Å². The van der Waals surface area contributed by atoms with Crippen LogP contribution in [-0.2, 0) is 0 Å². The van der Waals surface area contributed by atoms with Gasteiger partial charge in [0.25, 0.3) is 0 Å². The van der Waals surface area contributed by atoms with Gasteiger partial charge in [-0.05, 0) is 42.2 Å². The lowest BCUT2D eigenvalue weighted by molar-refractivity contribution is -0.138. The van der Waals surface area contributed by atoms with E-state index in [1.807, 2.05) is 38.1 Å². The molecule has 82 valence electrons. The number of hydrogen-bond donors (Lipinski definition) is 1. The van der Waals surface area contributed by atoms with Gasteiger partial charge in [-0.15, -0.1) is 0 Å². The van der Waals surface area contributed by atoms with Crippen molar-refractivity contribution in [2.45, 2.75) is 13.8 Å². The molecule has 0 saturated heterocycles. The van der Waals surface area contributed by atoms with E-state index in [1.165, 1.54) is 11.1 Å². The summed E-state index contributed by atoms with van der Waals surface area (Å²) in [5, 5.41) is 8.70. The van der Waals surface area contributed by atoms with E-state index < -0.39 is 0 Å². The fraction of sp³-hybridized carbons (Fsp3) is 0.143. The standard InChI is InChI=1S/C14H14O2/c1-10-11(2)14(16-15)9-8-13(10)12-6-4-3-5-7-12/h3-9,15H,1-2H3. The molecule has 16 heavy (non-hydrogen) atoms. The molecule has 0 aromatic heterocycles. The van der Waals surface area contributed by atoms with Gasteiger partial charge in [0.2, 0.25) is 0 Å². The minimum atomic E-state index is 0.511. The molecule has 2 nitrogen and oxygen atoms in total. The molecular weight excluding hydrogens is 200 g/mol. The summed E-state index contributed by atoms with van der Waals surface area (Å²) in [6, 6.07) is 13.9. The summed E-state index contributed by atoms with van der Waals surface area (Å²) in [6.45, 7) is 3.97. The average Bonchev–Trinajstić information content (AvgIpc) is 2.34. The fourth-order valence-electron chi connectivity index (χ4n) is 1.83. The Morgan fingerprint density at radius 2 is 1.56 bits per heavy atom. The molecule has 2 aromatic rings. The molecule has 0 aliphatic carbocycles. The zero-order valence-electron chi connectivity index (χ0n) is 9.40. The average molecular weight is 214 g/mol. The van der Waals surface area contributed by atoms with E-state index in [4.69, 9.17) is 5.26 Å². The molecule has 0 amide bonds. The Labute approximate surface area is 95.1 Å². The molecule has 0 fully saturated rings. The van der Waals surface area contributed by atoms with Crippen LogP contribution in [-0.4, -0.2) is 5.26 Å². The van der Waals surface area contributed by atoms with Crippen LogP contribution >= 0.6 is 0 Å². The molecule has 2 rings (SSSR count). The van der Waals surface area contributed by atoms with Crippen molar-refractivity contribution in [3.8, 4) is 16.9 Å². The highest BCUT2D eigenvalue weighted by molar-refractivity contribution is 5.69. The van der Waals surface area contributed by atoms with E-state index in [1.54, 1.807) is 6.07 Å². The van der Waals surface area contributed by atoms with Crippen molar-refractivity contribution < 1.29 is 10.1 Å². The normalized spacial score (nSPS) is 10.2. The van der Waals surface area contributed by atoms with Crippen LogP contribution in [0.1, 0.15) is 11.1 Å². The quantitative estimate of drug-likeness (QED) is 0.608. The molecule has 0 aliphatic rings. The van der Waals surface area contributed by atoms with Crippen LogP contribution in [0, 0.1) is 13.8 Å². The monoisotopic (exact) mass is 214 g/mol. The van der Waals surface area contributed by atoms with Gasteiger partial charge in [0.05, 0.1) is 0 Å². The van der Waals surface area contributed by atoms with Crippen molar-refractivity contribution in [2.75, 3.05) is 0 Å². The Bertz CT molecular complexity index is 490. The second-order valence-corrected chi connectivity index (χ2v) is 3.82. The molecule has 2 heteroatoms. The SMILES string of the molecule is Cc1c(OO)ccc(-c2ccccc2)c1C. The zero-order chi connectivity index (χ0) is 11.5. The predicted octanol–water partition coefficient (Wildman–Crippen LogP) is 3.82. The number of benzene rings is 2. The van der Waals surface area contributed by atoms with E-state index in [9.17, 15) is 0 Å². The minimum Gasteiger partial charge on any atom is -0.340 e. The summed E-state index contributed by atoms with van der Waals surface area (Å²) in [5.41, 5.74) is 4.42. The lowest BCUT2D eigenvalue weighted by Crippen LogP contribution is -1.93. The first kappa shape index (κ1) is 10.7. The third-order valence-corrected chi connectivity index (χ3v) is 2.92. The molecular formula is C14H14O2. The van der Waals surface area contributed by atoms with Crippen molar-refractivity contribution in [3.05, 3.63) is 53.6 Å². The molecule has 2 aromatic carbocycles. The molecule has 0 atom stereocenters. The Morgan fingerprint density at radius 3 is 2.19 bits per heavy atom. The van der Waals surface area contributed by atoms with Gasteiger partial charge in [-0.3, -0.25) is 0 Å². The van der Waals surface area contributed by atoms with Crippen molar-refractivity contribution >= 4 is 0 Å². The van der Waals surface area contributed by atoms with Gasteiger partial charge in [0, 0.05) is 0 Å². The van der Waals surface area contributed by atoms with Crippen molar-refractivity contribution in [3.63, 3.8) is 0 Å². The topological polar surface area (TPSA) is 29.5 Å². The molecule has 0 radical (unpaired) electrons. The van der Waals surface area contributed by atoms with Crippen LogP contribution < -0.4 is 4.89 Å². The Balaban J connectivity index is 2.56. The first-order chi connectivity index (χ1) is 7.74. The van der Waals surface area contributed by atoms with Crippen LogP contribution in [0.4, 0.5) is 0 Å². The summed E-state index contributed by atoms with van der Waals surface area (Å²) in [7, 11) is 0. The Morgan fingerprint density at radius 1 is 0.875 bits per heavy atom. The van der Waals surface area contributed by atoms with Gasteiger partial charge >= 0.3 is 0 Å². The third-order valence-electron chi connectivity index (χ3n) is 2.92. The molecule has 0 bridgehead atoms.